The number of amides is 3. The Morgan fingerprint density at radius 2 is 1.38 bits per heavy atom. The quantitative estimate of drug-likeness (QED) is 0.191. The van der Waals surface area contributed by atoms with E-state index in [0.29, 0.717) is 5.56 Å². The third-order valence-corrected chi connectivity index (χ3v) is 5.04. The first-order valence-corrected chi connectivity index (χ1v) is 10.7. The van der Waals surface area contributed by atoms with E-state index >= 15 is 0 Å². The van der Waals surface area contributed by atoms with Gasteiger partial charge in [-0.1, -0.05) is 26.0 Å². The van der Waals surface area contributed by atoms with Crippen molar-refractivity contribution in [3.63, 3.8) is 0 Å². The lowest BCUT2D eigenvalue weighted by molar-refractivity contribution is -0.141. The fraction of sp³-hybridized carbons (Fsp3) is 0.500. The minimum atomic E-state index is -1.29. The first-order valence-electron chi connectivity index (χ1n) is 10.7. The molecule has 4 unspecified atom stereocenters. The highest BCUT2D eigenvalue weighted by atomic mass is 16.4. The number of phenolic OH excluding ortho intramolecular Hbond substituents is 1. The molecule has 0 fully saturated rings. The van der Waals surface area contributed by atoms with Crippen molar-refractivity contribution >= 4 is 29.7 Å². The molecule has 34 heavy (non-hydrogen) atoms. The van der Waals surface area contributed by atoms with Gasteiger partial charge >= 0.3 is 11.9 Å². The van der Waals surface area contributed by atoms with Gasteiger partial charge in [0.15, 0.2) is 0 Å². The molecule has 0 saturated heterocycles. The summed E-state index contributed by atoms with van der Waals surface area (Å²) < 4.78 is 0. The second-order valence-corrected chi connectivity index (χ2v) is 8.26. The average molecular weight is 481 g/mol. The molecular weight excluding hydrogens is 448 g/mol. The number of benzene rings is 1. The molecule has 0 bridgehead atoms. The zero-order valence-electron chi connectivity index (χ0n) is 19.3. The number of hydrogen-bond donors (Lipinski definition) is 7. The minimum Gasteiger partial charge on any atom is -0.508 e. The molecule has 0 aliphatic heterocycles. The second kappa shape index (κ2) is 13.1. The highest BCUT2D eigenvalue weighted by Crippen LogP contribution is 2.12. The molecule has 8 N–H and O–H groups in total. The lowest BCUT2D eigenvalue weighted by Gasteiger charge is -2.25. The van der Waals surface area contributed by atoms with Gasteiger partial charge in [-0.15, -0.1) is 0 Å². The maximum absolute atomic E-state index is 13.0. The van der Waals surface area contributed by atoms with Crippen LogP contribution in [0.4, 0.5) is 0 Å². The summed E-state index contributed by atoms with van der Waals surface area (Å²) in [6.07, 6.45) is -0.744. The van der Waals surface area contributed by atoms with Crippen molar-refractivity contribution in [1.29, 1.82) is 0 Å². The van der Waals surface area contributed by atoms with Crippen LogP contribution >= 0.6 is 0 Å². The zero-order chi connectivity index (χ0) is 26.0. The summed E-state index contributed by atoms with van der Waals surface area (Å²) in [4.78, 5) is 60.2. The largest absolute Gasteiger partial charge is 0.508 e. The van der Waals surface area contributed by atoms with Crippen LogP contribution in [0.3, 0.4) is 0 Å². The molecule has 12 heteroatoms. The fourth-order valence-corrected chi connectivity index (χ4v) is 2.83. The molecule has 1 rings (SSSR count). The number of carboxylic acids is 2. The number of nitrogens with one attached hydrogen (secondary N) is 3. The Morgan fingerprint density at radius 1 is 0.853 bits per heavy atom. The minimum absolute atomic E-state index is 0.00813. The summed E-state index contributed by atoms with van der Waals surface area (Å²) in [6, 6.07) is 1.10. The first kappa shape index (κ1) is 28.4. The van der Waals surface area contributed by atoms with Crippen molar-refractivity contribution in [1.82, 2.24) is 16.0 Å². The molecule has 1 aromatic carbocycles. The Morgan fingerprint density at radius 3 is 1.88 bits per heavy atom. The monoisotopic (exact) mass is 480 g/mol. The van der Waals surface area contributed by atoms with E-state index in [0.717, 1.165) is 0 Å². The molecule has 3 amide bonds. The molecule has 0 heterocycles. The number of phenols is 1. The van der Waals surface area contributed by atoms with Crippen LogP contribution in [0.2, 0.25) is 0 Å². The van der Waals surface area contributed by atoms with Gasteiger partial charge in [-0.05, 0) is 37.0 Å². The van der Waals surface area contributed by atoms with Gasteiger partial charge in [0, 0.05) is 12.8 Å². The van der Waals surface area contributed by atoms with Gasteiger partial charge in [0.25, 0.3) is 0 Å². The third kappa shape index (κ3) is 9.45. The molecular formula is C22H32N4O8. The highest BCUT2D eigenvalue weighted by molar-refractivity contribution is 5.94. The number of carbonyl (C=O) groups is 5. The molecule has 4 atom stereocenters. The van der Waals surface area contributed by atoms with E-state index in [1.807, 2.05) is 0 Å². The number of nitrogens with two attached hydrogens (primary N) is 1. The van der Waals surface area contributed by atoms with Crippen LogP contribution in [0.25, 0.3) is 0 Å². The second-order valence-electron chi connectivity index (χ2n) is 8.26. The van der Waals surface area contributed by atoms with Crippen molar-refractivity contribution in [2.45, 2.75) is 64.2 Å². The number of carbonyl (C=O) groups excluding carboxylic acids is 3. The van der Waals surface area contributed by atoms with E-state index in [1.165, 1.54) is 31.2 Å². The molecule has 0 spiro atoms. The number of carboxylic acid groups (broad SMARTS) is 2. The van der Waals surface area contributed by atoms with Crippen LogP contribution in [-0.2, 0) is 30.4 Å². The summed E-state index contributed by atoms with van der Waals surface area (Å²) in [5.74, 6) is -4.99. The predicted octanol–water partition coefficient (Wildman–Crippen LogP) is -0.658. The third-order valence-electron chi connectivity index (χ3n) is 5.04. The SMILES string of the molecule is CC(NC(=O)C(Cc1ccc(O)cc1)NC(=O)C(CCC(=O)O)NC(=O)C(N)C(C)C)C(=O)O. The smallest absolute Gasteiger partial charge is 0.325 e. The van der Waals surface area contributed by atoms with Crippen LogP contribution in [0.1, 0.15) is 39.2 Å². The van der Waals surface area contributed by atoms with E-state index in [2.05, 4.69) is 16.0 Å². The van der Waals surface area contributed by atoms with Gasteiger partial charge in [-0.25, -0.2) is 0 Å². The summed E-state index contributed by atoms with van der Waals surface area (Å²) >= 11 is 0. The molecule has 0 saturated carbocycles. The maximum Gasteiger partial charge on any atom is 0.325 e. The molecule has 0 aliphatic carbocycles. The standard InChI is InChI=1S/C22H32N4O8/c1-11(2)18(23)21(32)25-15(8-9-17(28)29)19(30)26-16(20(31)24-12(3)22(33)34)10-13-4-6-14(27)7-5-13/h4-7,11-12,15-16,18,27H,8-10,23H2,1-3H3,(H,24,31)(H,25,32)(H,26,30)(H,28,29)(H,33,34). The summed E-state index contributed by atoms with van der Waals surface area (Å²) in [5, 5.41) is 34.7. The predicted molar refractivity (Wildman–Crippen MR) is 121 cm³/mol. The number of aliphatic carboxylic acids is 2. The summed E-state index contributed by atoms with van der Waals surface area (Å²) in [7, 11) is 0. The van der Waals surface area contributed by atoms with Crippen molar-refractivity contribution in [3.05, 3.63) is 29.8 Å². The zero-order valence-corrected chi connectivity index (χ0v) is 19.3. The van der Waals surface area contributed by atoms with Gasteiger partial charge in [-0.2, -0.15) is 0 Å². The van der Waals surface area contributed by atoms with Crippen molar-refractivity contribution in [2.24, 2.45) is 11.7 Å². The molecule has 1 aromatic rings. The lowest BCUT2D eigenvalue weighted by Crippen LogP contribution is -2.57. The number of hydrogen-bond acceptors (Lipinski definition) is 7. The van der Waals surface area contributed by atoms with Crippen molar-refractivity contribution < 1.29 is 39.3 Å². The Bertz CT molecular complexity index is 887. The van der Waals surface area contributed by atoms with E-state index < -0.39 is 60.2 Å². The van der Waals surface area contributed by atoms with Crippen molar-refractivity contribution in [3.8, 4) is 5.75 Å². The Labute approximate surface area is 196 Å². The summed E-state index contributed by atoms with van der Waals surface area (Å²) in [5.41, 5.74) is 6.36. The van der Waals surface area contributed by atoms with E-state index in [1.54, 1.807) is 13.8 Å². The Kier molecular flexibility index (Phi) is 11.0. The van der Waals surface area contributed by atoms with E-state index in [4.69, 9.17) is 15.9 Å². The van der Waals surface area contributed by atoms with Crippen LogP contribution < -0.4 is 21.7 Å². The van der Waals surface area contributed by atoms with Gasteiger partial charge in [0.2, 0.25) is 17.7 Å². The fourth-order valence-electron chi connectivity index (χ4n) is 2.83. The molecule has 0 aliphatic rings. The lowest BCUT2D eigenvalue weighted by atomic mass is 10.0. The van der Waals surface area contributed by atoms with Gasteiger partial charge in [0.05, 0.1) is 6.04 Å². The van der Waals surface area contributed by atoms with Gasteiger partial charge in [0.1, 0.15) is 23.9 Å². The highest BCUT2D eigenvalue weighted by Gasteiger charge is 2.30. The molecule has 0 radical (unpaired) electrons. The normalized spacial score (nSPS) is 14.4. The maximum atomic E-state index is 13.0. The van der Waals surface area contributed by atoms with E-state index in [9.17, 15) is 29.1 Å². The average Bonchev–Trinajstić information content (AvgIpc) is 2.76. The van der Waals surface area contributed by atoms with Crippen molar-refractivity contribution in [2.75, 3.05) is 0 Å². The Balaban J connectivity index is 3.11. The van der Waals surface area contributed by atoms with Gasteiger partial charge in [-0.3, -0.25) is 24.0 Å². The van der Waals surface area contributed by atoms with Crippen LogP contribution in [-0.4, -0.2) is 69.1 Å². The van der Waals surface area contributed by atoms with Crippen LogP contribution in [0.5, 0.6) is 5.75 Å². The molecule has 0 aromatic heterocycles. The molecule has 188 valence electrons. The van der Waals surface area contributed by atoms with Crippen LogP contribution in [0, 0.1) is 5.92 Å². The first-order chi connectivity index (χ1) is 15.8. The molecule has 12 nitrogen and oxygen atoms in total. The van der Waals surface area contributed by atoms with E-state index in [-0.39, 0.29) is 24.5 Å². The van der Waals surface area contributed by atoms with Gasteiger partial charge < -0.3 is 37.0 Å². The Hall–Kier alpha value is -3.67. The van der Waals surface area contributed by atoms with Crippen LogP contribution in [0.15, 0.2) is 24.3 Å². The summed E-state index contributed by atoms with van der Waals surface area (Å²) in [6.45, 7) is 4.67. The topological polar surface area (TPSA) is 208 Å². The number of rotatable bonds is 13. The number of aromatic hydroxyl groups is 1.